The zero-order valence-electron chi connectivity index (χ0n) is 36.5. The van der Waals surface area contributed by atoms with Gasteiger partial charge in [-0.25, -0.2) is 0 Å². The molecule has 0 bridgehead atoms. The molecule has 0 saturated carbocycles. The molecule has 294 valence electrons. The lowest BCUT2D eigenvalue weighted by Gasteiger charge is -2.32. The molecule has 2 nitrogen and oxygen atoms in total. The van der Waals surface area contributed by atoms with Crippen molar-refractivity contribution in [3.05, 3.63) is 167 Å². The van der Waals surface area contributed by atoms with Crippen molar-refractivity contribution < 1.29 is 0 Å². The summed E-state index contributed by atoms with van der Waals surface area (Å²) in [6.07, 6.45) is 0. The maximum absolute atomic E-state index is 2.51. The Labute approximate surface area is 347 Å². The van der Waals surface area contributed by atoms with Crippen molar-refractivity contribution in [3.63, 3.8) is 0 Å². The first kappa shape index (κ1) is 39.2. The van der Waals surface area contributed by atoms with E-state index in [4.69, 9.17) is 0 Å². The van der Waals surface area contributed by atoms with Crippen LogP contribution >= 0.6 is 0 Å². The second-order valence-corrected chi connectivity index (χ2v) is 18.1. The molecule has 0 aliphatic rings. The van der Waals surface area contributed by atoms with Gasteiger partial charge in [-0.1, -0.05) is 148 Å². The fourth-order valence-corrected chi connectivity index (χ4v) is 8.91. The second-order valence-electron chi connectivity index (χ2n) is 18.1. The monoisotopic (exact) mass is 760 g/mol. The van der Waals surface area contributed by atoms with Gasteiger partial charge in [-0.05, 0) is 147 Å². The molecule has 8 rings (SSSR count). The average Bonchev–Trinajstić information content (AvgIpc) is 3.21. The molecule has 58 heavy (non-hydrogen) atoms. The first-order valence-corrected chi connectivity index (χ1v) is 21.6. The molecular formula is C56H60N2. The molecule has 8 aromatic rings. The molecule has 0 unspecified atom stereocenters. The van der Waals surface area contributed by atoms with Crippen molar-refractivity contribution in [1.29, 1.82) is 0 Å². The summed E-state index contributed by atoms with van der Waals surface area (Å²) in [5.74, 6) is 2.04. The highest BCUT2D eigenvalue weighted by molar-refractivity contribution is 6.29. The lowest BCUT2D eigenvalue weighted by molar-refractivity contribution is 0.865. The third kappa shape index (κ3) is 7.02. The van der Waals surface area contributed by atoms with E-state index in [1.54, 1.807) is 0 Å². The fraction of sp³-hybridized carbons (Fsp3) is 0.286. The molecule has 0 N–H and O–H groups in total. The Morgan fingerprint density at radius 2 is 0.586 bits per heavy atom. The highest BCUT2D eigenvalue weighted by Gasteiger charge is 2.26. The number of hydrogen-bond donors (Lipinski definition) is 0. The minimum Gasteiger partial charge on any atom is -0.310 e. The zero-order chi connectivity index (χ0) is 41.0. The van der Waals surface area contributed by atoms with Crippen LogP contribution in [0.4, 0.5) is 34.1 Å². The van der Waals surface area contributed by atoms with E-state index in [9.17, 15) is 0 Å². The van der Waals surface area contributed by atoms with E-state index in [0.717, 1.165) is 5.69 Å². The van der Waals surface area contributed by atoms with Gasteiger partial charge in [0.25, 0.3) is 0 Å². The van der Waals surface area contributed by atoms with Crippen molar-refractivity contribution in [1.82, 2.24) is 0 Å². The van der Waals surface area contributed by atoms with Gasteiger partial charge in [0.15, 0.2) is 0 Å². The molecule has 8 aromatic carbocycles. The molecule has 0 radical (unpaired) electrons. The molecule has 0 aliphatic carbocycles. The van der Waals surface area contributed by atoms with Crippen molar-refractivity contribution in [3.8, 4) is 0 Å². The number of hydrogen-bond acceptors (Lipinski definition) is 2. The van der Waals surface area contributed by atoms with Gasteiger partial charge in [0.1, 0.15) is 0 Å². The highest BCUT2D eigenvalue weighted by Crippen LogP contribution is 2.51. The summed E-state index contributed by atoms with van der Waals surface area (Å²) in [4.78, 5) is 5.00. The van der Waals surface area contributed by atoms with Gasteiger partial charge < -0.3 is 9.80 Å². The van der Waals surface area contributed by atoms with Crippen molar-refractivity contribution >= 4 is 66.4 Å². The topological polar surface area (TPSA) is 6.48 Å². The number of rotatable bonds is 11. The Hall–Kier alpha value is -5.60. The van der Waals surface area contributed by atoms with Crippen LogP contribution in [0, 0.1) is 6.92 Å². The predicted octanol–water partition coefficient (Wildman–Crippen LogP) is 17.4. The molecule has 0 fully saturated rings. The second kappa shape index (κ2) is 15.6. The van der Waals surface area contributed by atoms with Gasteiger partial charge in [0.05, 0.1) is 11.4 Å². The summed E-state index contributed by atoms with van der Waals surface area (Å²) in [7, 11) is 0. The molecule has 0 spiro atoms. The third-order valence-electron chi connectivity index (χ3n) is 12.4. The summed E-state index contributed by atoms with van der Waals surface area (Å²) in [5.41, 5.74) is 15.2. The van der Waals surface area contributed by atoms with Gasteiger partial charge in [-0.15, -0.1) is 0 Å². The summed E-state index contributed by atoms with van der Waals surface area (Å²) in [6, 6.07) is 51.4. The summed E-state index contributed by atoms with van der Waals surface area (Å²) in [5, 5.41) is 7.92. The van der Waals surface area contributed by atoms with E-state index >= 15 is 0 Å². The molecule has 0 heterocycles. The fourth-order valence-electron chi connectivity index (χ4n) is 8.91. The van der Waals surface area contributed by atoms with E-state index < -0.39 is 0 Å². The Balaban J connectivity index is 1.47. The largest absolute Gasteiger partial charge is 0.310 e. The van der Waals surface area contributed by atoms with Crippen molar-refractivity contribution in [2.24, 2.45) is 0 Å². The van der Waals surface area contributed by atoms with Crippen LogP contribution in [0.3, 0.4) is 0 Å². The van der Waals surface area contributed by atoms with Crippen LogP contribution in [-0.4, -0.2) is 0 Å². The first-order valence-electron chi connectivity index (χ1n) is 21.6. The Kier molecular flexibility index (Phi) is 10.6. The average molecular weight is 761 g/mol. The van der Waals surface area contributed by atoms with Gasteiger partial charge in [-0.3, -0.25) is 0 Å². The number of aryl methyl sites for hydroxylation is 1. The zero-order valence-corrected chi connectivity index (χ0v) is 36.5. The molecule has 0 aliphatic heterocycles. The number of benzene rings is 8. The van der Waals surface area contributed by atoms with Crippen LogP contribution < -0.4 is 9.80 Å². The van der Waals surface area contributed by atoms with E-state index in [2.05, 4.69) is 219 Å². The summed E-state index contributed by atoms with van der Waals surface area (Å²) in [6.45, 7) is 25.2. The third-order valence-corrected chi connectivity index (χ3v) is 12.4. The van der Waals surface area contributed by atoms with E-state index in [0.29, 0.717) is 29.6 Å². The predicted molar refractivity (Wildman–Crippen MR) is 255 cm³/mol. The van der Waals surface area contributed by atoms with Gasteiger partial charge >= 0.3 is 0 Å². The highest BCUT2D eigenvalue weighted by atomic mass is 15.1. The van der Waals surface area contributed by atoms with E-state index in [-0.39, 0.29) is 0 Å². The normalized spacial score (nSPS) is 12.1. The molecule has 0 amide bonds. The van der Waals surface area contributed by atoms with Crippen LogP contribution in [0.5, 0.6) is 0 Å². The first-order chi connectivity index (χ1) is 27.8. The minimum absolute atomic E-state index is 0.323. The smallest absolute Gasteiger partial charge is 0.0543 e. The minimum atomic E-state index is 0.323. The molecular weight excluding hydrogens is 701 g/mol. The molecule has 0 saturated heterocycles. The van der Waals surface area contributed by atoms with E-state index in [1.807, 2.05) is 0 Å². The Morgan fingerprint density at radius 1 is 0.310 bits per heavy atom. The van der Waals surface area contributed by atoms with Crippen molar-refractivity contribution in [2.75, 3.05) is 9.80 Å². The van der Waals surface area contributed by atoms with E-state index in [1.165, 1.54) is 94.1 Å². The maximum Gasteiger partial charge on any atom is 0.0543 e. The Bertz CT molecular complexity index is 2630. The molecule has 0 atom stereocenters. The lowest BCUT2D eigenvalue weighted by Crippen LogP contribution is -2.13. The standard InChI is InChI=1S/C56H60N2/c1-34(2)40-14-22-44(23-15-40)57(43-20-12-39(11)13-21-43)53-32-51(37(7)8)47-29-31-50-54(33-52(38(9)10)48-28-30-49(53)55(47)56(48)50)58(45-24-16-41(17-25-45)35(3)4)46-26-18-42(19-27-46)36(5)6/h12-38H,1-11H3. The number of anilines is 6. The van der Waals surface area contributed by atoms with Crippen LogP contribution in [0.25, 0.3) is 32.3 Å². The quantitative estimate of drug-likeness (QED) is 0.121. The molecule has 0 aromatic heterocycles. The van der Waals surface area contributed by atoms with Crippen LogP contribution in [0.15, 0.2) is 133 Å². The lowest BCUT2D eigenvalue weighted by atomic mass is 9.84. The van der Waals surface area contributed by atoms with Gasteiger partial charge in [0.2, 0.25) is 0 Å². The van der Waals surface area contributed by atoms with Crippen LogP contribution in [0.1, 0.15) is 132 Å². The maximum atomic E-state index is 2.51. The summed E-state index contributed by atoms with van der Waals surface area (Å²) < 4.78 is 0. The molecule has 2 heteroatoms. The number of nitrogens with zero attached hydrogens (tertiary/aromatic N) is 2. The van der Waals surface area contributed by atoms with Gasteiger partial charge in [-0.2, -0.15) is 0 Å². The Morgan fingerprint density at radius 3 is 0.862 bits per heavy atom. The van der Waals surface area contributed by atoms with Crippen LogP contribution in [-0.2, 0) is 0 Å². The van der Waals surface area contributed by atoms with Crippen molar-refractivity contribution in [2.45, 2.75) is 106 Å². The van der Waals surface area contributed by atoms with Crippen LogP contribution in [0.2, 0.25) is 0 Å². The summed E-state index contributed by atoms with van der Waals surface area (Å²) >= 11 is 0. The SMILES string of the molecule is Cc1ccc(N(c2ccc(C(C)C)cc2)c2cc(C(C)C)c3ccc4c(N(c5ccc(C(C)C)cc5)c5ccc(C(C)C)cc5)cc(C(C)C)c5ccc2c3c54)cc1. The van der Waals surface area contributed by atoms with Gasteiger partial charge in [0, 0.05) is 33.5 Å².